The molecule has 1 N–H and O–H groups in total. The van der Waals surface area contributed by atoms with Crippen molar-refractivity contribution in [1.29, 1.82) is 0 Å². The van der Waals surface area contributed by atoms with E-state index >= 15 is 0 Å². The summed E-state index contributed by atoms with van der Waals surface area (Å²) in [6, 6.07) is 12.1. The van der Waals surface area contributed by atoms with Gasteiger partial charge >= 0.3 is 0 Å². The fraction of sp³-hybridized carbons (Fsp3) is 0.625. The molecule has 3 atom stereocenters. The monoisotopic (exact) mass is 263 g/mol. The molecule has 0 aromatic heterocycles. The molecular weight excluding hydrogens is 238 g/mol. The molecule has 100 valence electrons. The van der Waals surface area contributed by atoms with Crippen LogP contribution in [0.5, 0.6) is 0 Å². The van der Waals surface area contributed by atoms with Gasteiger partial charge in [0.15, 0.2) is 0 Å². The lowest BCUT2D eigenvalue weighted by molar-refractivity contribution is 0.340. The molecule has 1 fully saturated rings. The van der Waals surface area contributed by atoms with E-state index in [9.17, 15) is 0 Å². The van der Waals surface area contributed by atoms with Crippen LogP contribution < -0.4 is 5.32 Å². The molecule has 0 heterocycles. The third-order valence-electron chi connectivity index (χ3n) is 4.01. The van der Waals surface area contributed by atoms with Gasteiger partial charge in [0.1, 0.15) is 0 Å². The molecule has 1 aromatic carbocycles. The molecule has 1 saturated carbocycles. The van der Waals surface area contributed by atoms with E-state index in [1.807, 2.05) is 11.8 Å². The summed E-state index contributed by atoms with van der Waals surface area (Å²) in [6.45, 7) is 2.28. The summed E-state index contributed by atoms with van der Waals surface area (Å²) in [6.07, 6.45) is 8.90. The Morgan fingerprint density at radius 3 is 2.72 bits per heavy atom. The smallest absolute Gasteiger partial charge is 0.0320 e. The number of thioether (sulfide) groups is 1. The lowest BCUT2D eigenvalue weighted by Gasteiger charge is -2.32. The van der Waals surface area contributed by atoms with Crippen molar-refractivity contribution in [3.05, 3.63) is 35.9 Å². The maximum absolute atomic E-state index is 3.87. The normalized spacial score (nSPS) is 25.9. The van der Waals surface area contributed by atoms with Crippen LogP contribution >= 0.6 is 11.8 Å². The van der Waals surface area contributed by atoms with Gasteiger partial charge in [-0.25, -0.2) is 0 Å². The highest BCUT2D eigenvalue weighted by Crippen LogP contribution is 2.29. The van der Waals surface area contributed by atoms with Crippen LogP contribution in [0.4, 0.5) is 0 Å². The maximum atomic E-state index is 3.87. The van der Waals surface area contributed by atoms with Gasteiger partial charge in [0, 0.05) is 17.3 Å². The number of hydrogen-bond donors (Lipinski definition) is 1. The van der Waals surface area contributed by atoms with Crippen LogP contribution in [0.1, 0.15) is 50.6 Å². The fourth-order valence-electron chi connectivity index (χ4n) is 2.93. The summed E-state index contributed by atoms with van der Waals surface area (Å²) < 4.78 is 0. The fourth-order valence-corrected chi connectivity index (χ4v) is 3.76. The second-order valence-corrected chi connectivity index (χ2v) is 6.40. The molecule has 0 spiro atoms. The Labute approximate surface area is 116 Å². The zero-order valence-electron chi connectivity index (χ0n) is 11.6. The van der Waals surface area contributed by atoms with E-state index in [0.29, 0.717) is 12.1 Å². The largest absolute Gasteiger partial charge is 0.307 e. The number of rotatable bonds is 5. The minimum absolute atomic E-state index is 0.525. The molecule has 0 amide bonds. The zero-order chi connectivity index (χ0) is 12.8. The summed E-state index contributed by atoms with van der Waals surface area (Å²) >= 11 is 2.04. The van der Waals surface area contributed by atoms with E-state index in [1.54, 1.807) is 0 Å². The average molecular weight is 263 g/mol. The predicted molar refractivity (Wildman–Crippen MR) is 82.2 cm³/mol. The Bertz CT molecular complexity index is 338. The molecule has 2 heteroatoms. The molecule has 0 aliphatic heterocycles. The third-order valence-corrected chi connectivity index (χ3v) is 5.10. The minimum atomic E-state index is 0.525. The Morgan fingerprint density at radius 1 is 1.28 bits per heavy atom. The van der Waals surface area contributed by atoms with Gasteiger partial charge in [-0.3, -0.25) is 0 Å². The van der Waals surface area contributed by atoms with Gasteiger partial charge < -0.3 is 5.32 Å². The topological polar surface area (TPSA) is 12.0 Å². The number of hydrogen-bond acceptors (Lipinski definition) is 2. The van der Waals surface area contributed by atoms with Crippen molar-refractivity contribution in [3.8, 4) is 0 Å². The summed E-state index contributed by atoms with van der Waals surface area (Å²) in [5.41, 5.74) is 1.44. The Kier molecular flexibility index (Phi) is 5.58. The first-order chi connectivity index (χ1) is 8.83. The molecule has 2 rings (SSSR count). The van der Waals surface area contributed by atoms with Crippen LogP contribution in [0.3, 0.4) is 0 Å². The van der Waals surface area contributed by atoms with Gasteiger partial charge in [-0.2, -0.15) is 11.8 Å². The van der Waals surface area contributed by atoms with Crippen LogP contribution in [0.15, 0.2) is 30.3 Å². The van der Waals surface area contributed by atoms with Crippen molar-refractivity contribution in [2.75, 3.05) is 6.26 Å². The van der Waals surface area contributed by atoms with Crippen LogP contribution in [-0.2, 0) is 0 Å². The molecule has 1 aliphatic carbocycles. The second-order valence-electron chi connectivity index (χ2n) is 5.26. The molecule has 1 nitrogen and oxygen atoms in total. The van der Waals surface area contributed by atoms with Crippen molar-refractivity contribution >= 4 is 11.8 Å². The first-order valence-corrected chi connectivity index (χ1v) is 8.46. The first-order valence-electron chi connectivity index (χ1n) is 7.17. The van der Waals surface area contributed by atoms with E-state index in [4.69, 9.17) is 0 Å². The van der Waals surface area contributed by atoms with Crippen LogP contribution in [0, 0.1) is 0 Å². The second kappa shape index (κ2) is 7.20. The Morgan fingerprint density at radius 2 is 2.06 bits per heavy atom. The van der Waals surface area contributed by atoms with Crippen molar-refractivity contribution < 1.29 is 0 Å². The number of benzene rings is 1. The maximum Gasteiger partial charge on any atom is 0.0320 e. The van der Waals surface area contributed by atoms with Crippen LogP contribution in [0.25, 0.3) is 0 Å². The van der Waals surface area contributed by atoms with Gasteiger partial charge in [-0.05, 0) is 37.5 Å². The highest BCUT2D eigenvalue weighted by Gasteiger charge is 2.23. The van der Waals surface area contributed by atoms with Crippen LogP contribution in [-0.4, -0.2) is 17.5 Å². The molecule has 0 radical (unpaired) electrons. The SMILES string of the molecule is CCC(NC1CCCC(SC)C1)c1ccccc1. The van der Waals surface area contributed by atoms with Gasteiger partial charge in [-0.15, -0.1) is 0 Å². The highest BCUT2D eigenvalue weighted by atomic mass is 32.2. The standard InChI is InChI=1S/C16H25NS/c1-3-16(13-8-5-4-6-9-13)17-14-10-7-11-15(12-14)18-2/h4-6,8-9,14-17H,3,7,10-12H2,1-2H3. The molecule has 3 unspecified atom stereocenters. The quantitative estimate of drug-likeness (QED) is 0.845. The molecular formula is C16H25NS. The average Bonchev–Trinajstić information content (AvgIpc) is 2.46. The Hall–Kier alpha value is -0.470. The molecule has 1 aromatic rings. The summed E-state index contributed by atoms with van der Waals surface area (Å²) in [5.74, 6) is 0. The van der Waals surface area contributed by atoms with Crippen LogP contribution in [0.2, 0.25) is 0 Å². The molecule has 18 heavy (non-hydrogen) atoms. The lowest BCUT2D eigenvalue weighted by Crippen LogP contribution is -2.37. The molecule has 0 bridgehead atoms. The van der Waals surface area contributed by atoms with Crippen molar-refractivity contribution in [2.24, 2.45) is 0 Å². The van der Waals surface area contributed by atoms with Crippen molar-refractivity contribution in [3.63, 3.8) is 0 Å². The molecule has 0 saturated heterocycles. The van der Waals surface area contributed by atoms with E-state index in [-0.39, 0.29) is 0 Å². The molecule has 1 aliphatic rings. The zero-order valence-corrected chi connectivity index (χ0v) is 12.4. The van der Waals surface area contributed by atoms with E-state index < -0.39 is 0 Å². The van der Waals surface area contributed by atoms with E-state index in [0.717, 1.165) is 5.25 Å². The minimum Gasteiger partial charge on any atom is -0.307 e. The number of nitrogens with one attached hydrogen (secondary N) is 1. The highest BCUT2D eigenvalue weighted by molar-refractivity contribution is 7.99. The Balaban J connectivity index is 1.94. The summed E-state index contributed by atoms with van der Waals surface area (Å²) in [7, 11) is 0. The summed E-state index contributed by atoms with van der Waals surface area (Å²) in [4.78, 5) is 0. The third kappa shape index (κ3) is 3.76. The predicted octanol–water partition coefficient (Wildman–Crippen LogP) is 4.40. The van der Waals surface area contributed by atoms with Gasteiger partial charge in [-0.1, -0.05) is 43.7 Å². The van der Waals surface area contributed by atoms with Crippen molar-refractivity contribution in [1.82, 2.24) is 5.32 Å². The van der Waals surface area contributed by atoms with Gasteiger partial charge in [0.25, 0.3) is 0 Å². The van der Waals surface area contributed by atoms with Crippen molar-refractivity contribution in [2.45, 2.75) is 56.4 Å². The lowest BCUT2D eigenvalue weighted by atomic mass is 9.93. The first kappa shape index (κ1) is 14.0. The van der Waals surface area contributed by atoms with Gasteiger partial charge in [0.2, 0.25) is 0 Å². The van der Waals surface area contributed by atoms with E-state index in [1.165, 1.54) is 37.7 Å². The van der Waals surface area contributed by atoms with E-state index in [2.05, 4.69) is 48.8 Å². The summed E-state index contributed by atoms with van der Waals surface area (Å²) in [5, 5.41) is 4.74. The van der Waals surface area contributed by atoms with Gasteiger partial charge in [0.05, 0.1) is 0 Å².